The van der Waals surface area contributed by atoms with Crippen LogP contribution in [-0.2, 0) is 37.5 Å². The Morgan fingerprint density at radius 3 is 2.15 bits per heavy atom. The van der Waals surface area contributed by atoms with E-state index in [-0.39, 0.29) is 32.7 Å². The number of benzene rings is 1. The summed E-state index contributed by atoms with van der Waals surface area (Å²) in [5, 5.41) is 0. The minimum absolute atomic E-state index is 0. The van der Waals surface area contributed by atoms with Gasteiger partial charge in [0.05, 0.1) is 0 Å². The summed E-state index contributed by atoms with van der Waals surface area (Å²) in [5.74, 6) is 1.92. The van der Waals surface area contributed by atoms with E-state index in [1.54, 1.807) is 6.92 Å². The van der Waals surface area contributed by atoms with E-state index in [9.17, 15) is 4.79 Å². The molecule has 13 heavy (non-hydrogen) atoms. The van der Waals surface area contributed by atoms with Crippen molar-refractivity contribution in [1.82, 2.24) is 0 Å². The molecule has 0 bridgehead atoms. The van der Waals surface area contributed by atoms with E-state index in [0.29, 0.717) is 5.57 Å². The summed E-state index contributed by atoms with van der Waals surface area (Å²) in [7, 11) is 0. The molecule has 1 aromatic carbocycles. The van der Waals surface area contributed by atoms with Gasteiger partial charge in [-0.15, -0.1) is 5.56 Å². The Morgan fingerprint density at radius 2 is 1.77 bits per heavy atom. The molecule has 65 valence electrons. The molecule has 0 aliphatic carbocycles. The number of allylic oxidation sites excluding steroid dienone is 1. The Hall–Kier alpha value is -0.226. The van der Waals surface area contributed by atoms with Gasteiger partial charge < -0.3 is 0 Å². The monoisotopic (exact) mass is 248 g/mol. The van der Waals surface area contributed by atoms with Gasteiger partial charge in [-0.05, 0) is 6.92 Å². The first-order chi connectivity index (χ1) is 5.66. The zero-order valence-corrected chi connectivity index (χ0v) is 11.0. The SMILES string of the molecule is CC(=C=O)c1c(C)c[c-]cc1C.[Y]. The summed E-state index contributed by atoms with van der Waals surface area (Å²) >= 11 is 0. The van der Waals surface area contributed by atoms with Crippen molar-refractivity contribution < 1.29 is 37.5 Å². The van der Waals surface area contributed by atoms with Crippen LogP contribution in [0.3, 0.4) is 0 Å². The zero-order valence-electron chi connectivity index (χ0n) is 8.14. The van der Waals surface area contributed by atoms with Crippen molar-refractivity contribution >= 4 is 11.5 Å². The molecular weight excluding hydrogens is 237 g/mol. The van der Waals surface area contributed by atoms with E-state index in [1.165, 1.54) is 0 Å². The van der Waals surface area contributed by atoms with Gasteiger partial charge >= 0.3 is 0 Å². The summed E-state index contributed by atoms with van der Waals surface area (Å²) < 4.78 is 0. The van der Waals surface area contributed by atoms with Gasteiger partial charge in [0.2, 0.25) is 0 Å². The number of hydrogen-bond acceptors (Lipinski definition) is 1. The van der Waals surface area contributed by atoms with Gasteiger partial charge in [0.15, 0.2) is 0 Å². The Kier molecular flexibility index (Phi) is 5.40. The summed E-state index contributed by atoms with van der Waals surface area (Å²) in [6, 6.07) is 6.76. The van der Waals surface area contributed by atoms with Crippen LogP contribution in [-0.4, -0.2) is 5.94 Å². The van der Waals surface area contributed by atoms with E-state index in [2.05, 4.69) is 6.07 Å². The number of rotatable bonds is 1. The largest absolute Gasteiger partial charge is 0.233 e. The van der Waals surface area contributed by atoms with Crippen molar-refractivity contribution in [3.8, 4) is 0 Å². The fraction of sp³-hybridized carbons (Fsp3) is 0.273. The Bertz CT molecular complexity index is 329. The minimum atomic E-state index is 0. The van der Waals surface area contributed by atoms with Crippen LogP contribution in [0.2, 0.25) is 0 Å². The first-order valence-electron chi connectivity index (χ1n) is 3.86. The number of carbonyl (C=O) groups excluding carboxylic acids is 1. The van der Waals surface area contributed by atoms with Crippen LogP contribution in [0.1, 0.15) is 23.6 Å². The molecular formula is C11H11OY-. The molecule has 0 amide bonds. The molecule has 1 rings (SSSR count). The second-order valence-electron chi connectivity index (χ2n) is 2.92. The van der Waals surface area contributed by atoms with Crippen molar-refractivity contribution in [2.75, 3.05) is 0 Å². The molecule has 0 fully saturated rings. The molecule has 1 nitrogen and oxygen atoms in total. The fourth-order valence-corrected chi connectivity index (χ4v) is 1.39. The standard InChI is InChI=1S/C11H11O.Y/c1-8-5-4-6-9(2)11(8)10(3)7-12;/h5-6H,1-3H3;/q-1;. The summed E-state index contributed by atoms with van der Waals surface area (Å²) in [4.78, 5) is 10.4. The third-order valence-electron chi connectivity index (χ3n) is 1.92. The normalized spacial score (nSPS) is 8.54. The fourth-order valence-electron chi connectivity index (χ4n) is 1.39. The molecule has 0 spiro atoms. The Labute approximate surface area is 104 Å². The van der Waals surface area contributed by atoms with E-state index < -0.39 is 0 Å². The van der Waals surface area contributed by atoms with Crippen LogP contribution in [0.25, 0.3) is 5.57 Å². The quantitative estimate of drug-likeness (QED) is 0.550. The van der Waals surface area contributed by atoms with E-state index in [0.717, 1.165) is 16.7 Å². The van der Waals surface area contributed by atoms with Crippen LogP contribution < -0.4 is 0 Å². The summed E-state index contributed by atoms with van der Waals surface area (Å²) in [6.45, 7) is 5.72. The minimum Gasteiger partial charge on any atom is -0.233 e. The van der Waals surface area contributed by atoms with Gasteiger partial charge in [0, 0.05) is 38.3 Å². The van der Waals surface area contributed by atoms with Crippen LogP contribution >= 0.6 is 0 Å². The molecule has 2 heteroatoms. The van der Waals surface area contributed by atoms with Gasteiger partial charge in [-0.1, -0.05) is 13.8 Å². The van der Waals surface area contributed by atoms with E-state index in [1.807, 2.05) is 31.9 Å². The second kappa shape index (κ2) is 5.49. The molecule has 0 heterocycles. The molecule has 1 radical (unpaired) electrons. The molecule has 0 saturated heterocycles. The van der Waals surface area contributed by atoms with Crippen molar-refractivity contribution in [3.63, 3.8) is 0 Å². The van der Waals surface area contributed by atoms with E-state index in [4.69, 9.17) is 0 Å². The predicted octanol–water partition coefficient (Wildman–Crippen LogP) is 2.34. The third-order valence-corrected chi connectivity index (χ3v) is 1.92. The molecule has 0 atom stereocenters. The molecule has 0 saturated carbocycles. The van der Waals surface area contributed by atoms with Crippen LogP contribution in [0.5, 0.6) is 0 Å². The molecule has 1 aromatic rings. The van der Waals surface area contributed by atoms with Gasteiger partial charge in [-0.3, -0.25) is 0 Å². The maximum atomic E-state index is 10.4. The zero-order chi connectivity index (χ0) is 9.14. The van der Waals surface area contributed by atoms with Crippen LogP contribution in [0.15, 0.2) is 12.1 Å². The Morgan fingerprint density at radius 1 is 1.31 bits per heavy atom. The van der Waals surface area contributed by atoms with Crippen LogP contribution in [0.4, 0.5) is 0 Å². The molecule has 0 unspecified atom stereocenters. The first-order valence-corrected chi connectivity index (χ1v) is 3.86. The van der Waals surface area contributed by atoms with Gasteiger partial charge in [0.1, 0.15) is 5.94 Å². The third kappa shape index (κ3) is 2.88. The van der Waals surface area contributed by atoms with E-state index >= 15 is 0 Å². The molecule has 0 aliphatic heterocycles. The maximum absolute atomic E-state index is 10.4. The van der Waals surface area contributed by atoms with Gasteiger partial charge in [0.25, 0.3) is 0 Å². The maximum Gasteiger partial charge on any atom is 0.126 e. The second-order valence-corrected chi connectivity index (χ2v) is 2.92. The predicted molar refractivity (Wildman–Crippen MR) is 49.5 cm³/mol. The summed E-state index contributed by atoms with van der Waals surface area (Å²) in [5.41, 5.74) is 3.83. The molecule has 0 aromatic heterocycles. The topological polar surface area (TPSA) is 17.1 Å². The van der Waals surface area contributed by atoms with Crippen molar-refractivity contribution in [2.45, 2.75) is 20.8 Å². The molecule has 0 N–H and O–H groups in total. The van der Waals surface area contributed by atoms with Crippen molar-refractivity contribution in [2.24, 2.45) is 0 Å². The average Bonchev–Trinajstić information content (AvgIpc) is 2.03. The van der Waals surface area contributed by atoms with Crippen molar-refractivity contribution in [1.29, 1.82) is 0 Å². The van der Waals surface area contributed by atoms with Crippen molar-refractivity contribution in [3.05, 3.63) is 34.9 Å². The Balaban J connectivity index is 0.00000144. The van der Waals surface area contributed by atoms with Crippen LogP contribution in [0, 0.1) is 19.9 Å². The number of aryl methyl sites for hydroxylation is 2. The number of hydrogen-bond donors (Lipinski definition) is 0. The average molecular weight is 248 g/mol. The smallest absolute Gasteiger partial charge is 0.126 e. The molecule has 0 aliphatic rings. The first kappa shape index (κ1) is 12.8. The summed E-state index contributed by atoms with van der Waals surface area (Å²) in [6.07, 6.45) is 0. The van der Waals surface area contributed by atoms with Gasteiger partial charge in [-0.25, -0.2) is 4.79 Å². The van der Waals surface area contributed by atoms with Gasteiger partial charge in [-0.2, -0.15) is 29.3 Å².